The molecule has 3 saturated heterocycles. The SMILES string of the molecule is COC1C(OC(=O)N2CC(CCc3ccccn3)C2)CCC2(CO2)C1[C@@]1(C)O[C@@H]1CC=C(C)C. The normalized spacial score (nSPS) is 36.6. The molecular weight excluding hydrogens is 432 g/mol. The van der Waals surface area contributed by atoms with Gasteiger partial charge < -0.3 is 23.8 Å². The zero-order valence-electron chi connectivity index (χ0n) is 20.9. The number of amides is 1. The van der Waals surface area contributed by atoms with E-state index in [4.69, 9.17) is 18.9 Å². The first-order valence-electron chi connectivity index (χ1n) is 12.7. The topological polar surface area (TPSA) is 76.7 Å². The Bertz CT molecular complexity index is 907. The molecule has 3 aliphatic heterocycles. The second kappa shape index (κ2) is 9.25. The zero-order valence-corrected chi connectivity index (χ0v) is 20.9. The first-order valence-corrected chi connectivity index (χ1v) is 12.7. The minimum Gasteiger partial charge on any atom is -0.443 e. The highest BCUT2D eigenvalue weighted by atomic mass is 16.6. The molecular formula is C27H38N2O5. The van der Waals surface area contributed by atoms with E-state index in [0.29, 0.717) is 5.92 Å². The fraction of sp³-hybridized carbons (Fsp3) is 0.704. The van der Waals surface area contributed by atoms with Gasteiger partial charge >= 0.3 is 6.09 Å². The van der Waals surface area contributed by atoms with E-state index in [1.807, 2.05) is 23.2 Å². The number of hydrogen-bond donors (Lipinski definition) is 0. The van der Waals surface area contributed by atoms with Crippen LogP contribution < -0.4 is 0 Å². The smallest absolute Gasteiger partial charge is 0.410 e. The van der Waals surface area contributed by atoms with Crippen molar-refractivity contribution in [3.05, 3.63) is 41.7 Å². The van der Waals surface area contributed by atoms with Crippen molar-refractivity contribution in [1.29, 1.82) is 0 Å². The van der Waals surface area contributed by atoms with E-state index in [9.17, 15) is 4.79 Å². The van der Waals surface area contributed by atoms with Crippen LogP contribution >= 0.6 is 0 Å². The summed E-state index contributed by atoms with van der Waals surface area (Å²) in [4.78, 5) is 19.1. The third-order valence-electron chi connectivity index (χ3n) is 8.24. The van der Waals surface area contributed by atoms with Crippen molar-refractivity contribution in [2.24, 2.45) is 11.8 Å². The number of epoxide rings is 2. The number of rotatable bonds is 8. The summed E-state index contributed by atoms with van der Waals surface area (Å²) in [6.07, 6.45) is 7.96. The molecule has 1 aromatic heterocycles. The van der Waals surface area contributed by atoms with Crippen LogP contribution in [0.2, 0.25) is 0 Å². The van der Waals surface area contributed by atoms with Gasteiger partial charge in [-0.15, -0.1) is 0 Å². The van der Waals surface area contributed by atoms with E-state index in [1.54, 1.807) is 7.11 Å². The number of ether oxygens (including phenoxy) is 4. The molecule has 4 aliphatic rings. The van der Waals surface area contributed by atoms with Crippen molar-refractivity contribution in [2.75, 3.05) is 26.8 Å². The van der Waals surface area contributed by atoms with Gasteiger partial charge in [0.1, 0.15) is 23.4 Å². The van der Waals surface area contributed by atoms with Crippen molar-refractivity contribution in [2.45, 2.75) is 82.4 Å². The van der Waals surface area contributed by atoms with Crippen LogP contribution in [0.4, 0.5) is 4.79 Å². The summed E-state index contributed by atoms with van der Waals surface area (Å²) in [7, 11) is 1.72. The zero-order chi connectivity index (χ0) is 23.9. The molecule has 5 rings (SSSR count). The summed E-state index contributed by atoms with van der Waals surface area (Å²) < 4.78 is 24.3. The molecule has 0 aromatic carbocycles. The van der Waals surface area contributed by atoms with Gasteiger partial charge in [0.25, 0.3) is 0 Å². The number of aromatic nitrogens is 1. The van der Waals surface area contributed by atoms with E-state index in [1.165, 1.54) is 5.57 Å². The summed E-state index contributed by atoms with van der Waals surface area (Å²) in [6.45, 7) is 8.62. The monoisotopic (exact) mass is 470 g/mol. The fourth-order valence-electron chi connectivity index (χ4n) is 6.07. The summed E-state index contributed by atoms with van der Waals surface area (Å²) in [5, 5.41) is 0. The first kappa shape index (κ1) is 23.8. The lowest BCUT2D eigenvalue weighted by Gasteiger charge is -2.44. The molecule has 4 fully saturated rings. The van der Waals surface area contributed by atoms with Gasteiger partial charge in [-0.1, -0.05) is 17.7 Å². The average molecular weight is 471 g/mol. The van der Waals surface area contributed by atoms with Crippen molar-refractivity contribution in [1.82, 2.24) is 9.88 Å². The molecule has 1 spiro atoms. The molecule has 4 heterocycles. The Morgan fingerprint density at radius 3 is 2.76 bits per heavy atom. The van der Waals surface area contributed by atoms with E-state index in [2.05, 4.69) is 37.9 Å². The lowest BCUT2D eigenvalue weighted by atomic mass is 9.68. The molecule has 7 nitrogen and oxygen atoms in total. The molecule has 34 heavy (non-hydrogen) atoms. The largest absolute Gasteiger partial charge is 0.443 e. The highest BCUT2D eigenvalue weighted by molar-refractivity contribution is 5.69. The maximum absolute atomic E-state index is 12.9. The van der Waals surface area contributed by atoms with Crippen molar-refractivity contribution >= 4 is 6.09 Å². The Kier molecular flexibility index (Phi) is 6.46. The number of allylic oxidation sites excluding steroid dienone is 1. The van der Waals surface area contributed by atoms with E-state index in [-0.39, 0.29) is 41.5 Å². The van der Waals surface area contributed by atoms with Crippen LogP contribution in [0.1, 0.15) is 52.1 Å². The van der Waals surface area contributed by atoms with Crippen molar-refractivity contribution < 1.29 is 23.7 Å². The highest BCUT2D eigenvalue weighted by Gasteiger charge is 2.72. The number of carbonyl (C=O) groups excluding carboxylic acids is 1. The molecule has 1 aromatic rings. The first-order chi connectivity index (χ1) is 16.3. The molecule has 186 valence electrons. The van der Waals surface area contributed by atoms with Gasteiger partial charge in [0.2, 0.25) is 0 Å². The third kappa shape index (κ3) is 4.62. The summed E-state index contributed by atoms with van der Waals surface area (Å²) in [5.41, 5.74) is 1.88. The van der Waals surface area contributed by atoms with E-state index in [0.717, 1.165) is 57.5 Å². The number of hydrogen-bond acceptors (Lipinski definition) is 6. The second-order valence-corrected chi connectivity index (χ2v) is 10.9. The van der Waals surface area contributed by atoms with Crippen LogP contribution in [-0.2, 0) is 25.4 Å². The Hall–Kier alpha value is -1.96. The Labute approximate surface area is 202 Å². The average Bonchev–Trinajstić information content (AvgIpc) is 3.70. The van der Waals surface area contributed by atoms with Gasteiger partial charge in [0.05, 0.1) is 18.6 Å². The second-order valence-electron chi connectivity index (χ2n) is 10.9. The van der Waals surface area contributed by atoms with Gasteiger partial charge in [-0.25, -0.2) is 4.79 Å². The lowest BCUT2D eigenvalue weighted by molar-refractivity contribution is -0.124. The van der Waals surface area contributed by atoms with Gasteiger partial charge in [0, 0.05) is 32.1 Å². The van der Waals surface area contributed by atoms with E-state index < -0.39 is 0 Å². The molecule has 6 atom stereocenters. The van der Waals surface area contributed by atoms with Gasteiger partial charge in [0.15, 0.2) is 0 Å². The van der Waals surface area contributed by atoms with Gasteiger partial charge in [-0.05, 0) is 70.9 Å². The molecule has 1 saturated carbocycles. The highest BCUT2D eigenvalue weighted by Crippen LogP contribution is 2.59. The Morgan fingerprint density at radius 1 is 1.32 bits per heavy atom. The molecule has 7 heteroatoms. The molecule has 1 amide bonds. The Morgan fingerprint density at radius 2 is 2.12 bits per heavy atom. The van der Waals surface area contributed by atoms with Crippen LogP contribution in [0.15, 0.2) is 36.0 Å². The quantitative estimate of drug-likeness (QED) is 0.419. The van der Waals surface area contributed by atoms with Crippen molar-refractivity contribution in [3.63, 3.8) is 0 Å². The molecule has 0 bridgehead atoms. The maximum atomic E-state index is 12.9. The summed E-state index contributed by atoms with van der Waals surface area (Å²) in [6, 6.07) is 6.01. The number of carbonyl (C=O) groups is 1. The Balaban J connectivity index is 1.16. The van der Waals surface area contributed by atoms with Crippen LogP contribution in [0, 0.1) is 11.8 Å². The molecule has 1 aliphatic carbocycles. The third-order valence-corrected chi connectivity index (χ3v) is 8.24. The lowest BCUT2D eigenvalue weighted by Crippen LogP contribution is -2.57. The number of pyridine rings is 1. The number of aryl methyl sites for hydroxylation is 1. The maximum Gasteiger partial charge on any atom is 0.410 e. The fourth-order valence-corrected chi connectivity index (χ4v) is 6.07. The van der Waals surface area contributed by atoms with Crippen LogP contribution in [-0.4, -0.2) is 72.3 Å². The standard InChI is InChI=1S/C27H38N2O5/c1-18(2)8-11-22-26(3,34-22)24-23(31-4)21(12-13-27(24)17-32-27)33-25(30)29-15-19(16-29)9-10-20-7-5-6-14-28-20/h5-8,14,19,21-24H,9-13,15-17H2,1-4H3/t21?,22-,23?,24?,26+,27?/m1/s1. The predicted octanol–water partition coefficient (Wildman–Crippen LogP) is 4.16. The van der Waals surface area contributed by atoms with Crippen LogP contribution in [0.25, 0.3) is 0 Å². The predicted molar refractivity (Wildman–Crippen MR) is 127 cm³/mol. The van der Waals surface area contributed by atoms with Crippen molar-refractivity contribution in [3.8, 4) is 0 Å². The van der Waals surface area contributed by atoms with E-state index >= 15 is 0 Å². The molecule has 4 unspecified atom stereocenters. The molecule has 0 radical (unpaired) electrons. The number of likely N-dealkylation sites (tertiary alicyclic amines) is 1. The summed E-state index contributed by atoms with van der Waals surface area (Å²) >= 11 is 0. The van der Waals surface area contributed by atoms with Gasteiger partial charge in [-0.2, -0.15) is 0 Å². The minimum atomic E-state index is -0.318. The number of nitrogens with zero attached hydrogens (tertiary/aromatic N) is 2. The summed E-state index contributed by atoms with van der Waals surface area (Å²) in [5.74, 6) is 0.555. The van der Waals surface area contributed by atoms with Crippen LogP contribution in [0.3, 0.4) is 0 Å². The molecule has 0 N–H and O–H groups in total. The number of methoxy groups -OCH3 is 1. The minimum absolute atomic E-state index is 0.0506. The van der Waals surface area contributed by atoms with Crippen LogP contribution in [0.5, 0.6) is 0 Å². The van der Waals surface area contributed by atoms with Gasteiger partial charge in [-0.3, -0.25) is 4.98 Å².